The van der Waals surface area contributed by atoms with Gasteiger partial charge in [0.25, 0.3) is 0 Å². The number of nitrogens with zero attached hydrogens (tertiary/aromatic N) is 2. The monoisotopic (exact) mass is 325 g/mol. The number of pyridine rings is 1. The molecule has 5 heteroatoms. The van der Waals surface area contributed by atoms with Crippen molar-refractivity contribution in [1.82, 2.24) is 14.5 Å². The molecule has 0 radical (unpaired) electrons. The molecule has 3 nitrogen and oxygen atoms in total. The standard InChI is InChI=1S/C13H16BrN3S/c1-8(9-4-2-3-5-9)17-12-11(16-13(17)18)6-10(14)7-15-12/h6-9H,2-5H2,1H3,(H,16,18). The number of fused-ring (bicyclic) bond motifs is 1. The number of halogens is 1. The number of hydrogen-bond acceptors (Lipinski definition) is 2. The van der Waals surface area contributed by atoms with Crippen LogP contribution in [0.4, 0.5) is 0 Å². The van der Waals surface area contributed by atoms with Crippen molar-refractivity contribution in [2.75, 3.05) is 0 Å². The van der Waals surface area contributed by atoms with Crippen LogP contribution in [-0.4, -0.2) is 14.5 Å². The molecule has 0 saturated heterocycles. The van der Waals surface area contributed by atoms with E-state index in [-0.39, 0.29) is 0 Å². The van der Waals surface area contributed by atoms with Crippen LogP contribution in [-0.2, 0) is 0 Å². The Morgan fingerprint density at radius 1 is 1.50 bits per heavy atom. The van der Waals surface area contributed by atoms with Gasteiger partial charge in [-0.25, -0.2) is 4.98 Å². The molecule has 1 fully saturated rings. The van der Waals surface area contributed by atoms with E-state index >= 15 is 0 Å². The highest BCUT2D eigenvalue weighted by Crippen LogP contribution is 2.35. The van der Waals surface area contributed by atoms with E-state index in [2.05, 4.69) is 37.4 Å². The second kappa shape index (κ2) is 4.78. The molecule has 1 unspecified atom stereocenters. The SMILES string of the molecule is CC(C1CCCC1)n1c(=S)[nH]c2cc(Br)cnc21. The average Bonchev–Trinajstić information content (AvgIpc) is 2.94. The second-order valence-corrected chi connectivity index (χ2v) is 6.41. The third-order valence-electron chi connectivity index (χ3n) is 4.01. The van der Waals surface area contributed by atoms with Crippen molar-refractivity contribution in [2.24, 2.45) is 5.92 Å². The van der Waals surface area contributed by atoms with E-state index in [4.69, 9.17) is 12.2 Å². The fourth-order valence-corrected chi connectivity index (χ4v) is 3.71. The van der Waals surface area contributed by atoms with Gasteiger partial charge in [0.05, 0.1) is 5.52 Å². The normalized spacial score (nSPS) is 18.6. The van der Waals surface area contributed by atoms with E-state index in [1.165, 1.54) is 25.7 Å². The summed E-state index contributed by atoms with van der Waals surface area (Å²) >= 11 is 8.90. The van der Waals surface area contributed by atoms with Crippen molar-refractivity contribution >= 4 is 39.3 Å². The van der Waals surface area contributed by atoms with Crippen molar-refractivity contribution in [3.05, 3.63) is 21.5 Å². The van der Waals surface area contributed by atoms with Gasteiger partial charge in [-0.05, 0) is 59.9 Å². The highest BCUT2D eigenvalue weighted by molar-refractivity contribution is 9.10. The van der Waals surface area contributed by atoms with Gasteiger partial charge in [-0.15, -0.1) is 0 Å². The highest BCUT2D eigenvalue weighted by atomic mass is 79.9. The van der Waals surface area contributed by atoms with E-state index in [0.717, 1.165) is 26.3 Å². The van der Waals surface area contributed by atoms with Crippen molar-refractivity contribution in [3.63, 3.8) is 0 Å². The molecule has 0 spiro atoms. The summed E-state index contributed by atoms with van der Waals surface area (Å²) in [5.41, 5.74) is 1.99. The lowest BCUT2D eigenvalue weighted by molar-refractivity contribution is 0.363. The molecule has 1 aliphatic rings. The Morgan fingerprint density at radius 2 is 2.22 bits per heavy atom. The highest BCUT2D eigenvalue weighted by Gasteiger charge is 2.24. The first kappa shape index (κ1) is 12.4. The van der Waals surface area contributed by atoms with Gasteiger partial charge in [-0.1, -0.05) is 12.8 Å². The zero-order valence-electron chi connectivity index (χ0n) is 10.3. The Balaban J connectivity index is 2.10. The molecule has 0 aliphatic heterocycles. The first-order chi connectivity index (χ1) is 8.66. The van der Waals surface area contributed by atoms with E-state index in [0.29, 0.717) is 6.04 Å². The lowest BCUT2D eigenvalue weighted by atomic mass is 10.00. The number of nitrogens with one attached hydrogen (secondary N) is 1. The van der Waals surface area contributed by atoms with E-state index in [1.807, 2.05) is 12.3 Å². The molecular weight excluding hydrogens is 310 g/mol. The van der Waals surface area contributed by atoms with E-state index < -0.39 is 0 Å². The van der Waals surface area contributed by atoms with Crippen LogP contribution in [0.2, 0.25) is 0 Å². The van der Waals surface area contributed by atoms with Gasteiger partial charge in [0, 0.05) is 16.7 Å². The fourth-order valence-electron chi connectivity index (χ4n) is 3.02. The average molecular weight is 326 g/mol. The summed E-state index contributed by atoms with van der Waals surface area (Å²) in [5.74, 6) is 0.737. The smallest absolute Gasteiger partial charge is 0.179 e. The number of aromatic nitrogens is 3. The Kier molecular flexibility index (Phi) is 3.28. The maximum Gasteiger partial charge on any atom is 0.179 e. The minimum atomic E-state index is 0.433. The predicted octanol–water partition coefficient (Wildman–Crippen LogP) is 4.61. The van der Waals surface area contributed by atoms with E-state index in [1.54, 1.807) is 0 Å². The van der Waals surface area contributed by atoms with Gasteiger partial charge in [-0.3, -0.25) is 4.57 Å². The predicted molar refractivity (Wildman–Crippen MR) is 79.3 cm³/mol. The Bertz CT molecular complexity index is 625. The Morgan fingerprint density at radius 3 is 2.94 bits per heavy atom. The van der Waals surface area contributed by atoms with Crippen molar-refractivity contribution < 1.29 is 0 Å². The van der Waals surface area contributed by atoms with Crippen molar-refractivity contribution in [1.29, 1.82) is 0 Å². The van der Waals surface area contributed by atoms with Crippen LogP contribution < -0.4 is 0 Å². The van der Waals surface area contributed by atoms with Gasteiger partial charge in [0.2, 0.25) is 0 Å². The van der Waals surface area contributed by atoms with Crippen molar-refractivity contribution in [3.8, 4) is 0 Å². The maximum atomic E-state index is 5.46. The summed E-state index contributed by atoms with van der Waals surface area (Å²) < 4.78 is 3.95. The van der Waals surface area contributed by atoms with Crippen LogP contribution in [0.5, 0.6) is 0 Å². The molecule has 18 heavy (non-hydrogen) atoms. The summed E-state index contributed by atoms with van der Waals surface area (Å²) in [6.07, 6.45) is 7.16. The third kappa shape index (κ3) is 2.03. The minimum Gasteiger partial charge on any atom is -0.329 e. The number of H-pyrrole nitrogens is 1. The van der Waals surface area contributed by atoms with Crippen LogP contribution in [0.25, 0.3) is 11.2 Å². The topological polar surface area (TPSA) is 33.6 Å². The molecule has 96 valence electrons. The summed E-state index contributed by atoms with van der Waals surface area (Å²) in [7, 11) is 0. The summed E-state index contributed by atoms with van der Waals surface area (Å²) in [6, 6.07) is 2.47. The summed E-state index contributed by atoms with van der Waals surface area (Å²) in [6.45, 7) is 2.27. The molecule has 0 aromatic carbocycles. The van der Waals surface area contributed by atoms with Crippen LogP contribution >= 0.6 is 28.1 Å². The first-order valence-electron chi connectivity index (χ1n) is 6.42. The summed E-state index contributed by atoms with van der Waals surface area (Å²) in [4.78, 5) is 7.77. The zero-order valence-corrected chi connectivity index (χ0v) is 12.7. The molecule has 2 aromatic rings. The molecule has 3 rings (SSSR count). The quantitative estimate of drug-likeness (QED) is 0.818. The van der Waals surface area contributed by atoms with Crippen molar-refractivity contribution in [2.45, 2.75) is 38.6 Å². The molecule has 0 bridgehead atoms. The number of hydrogen-bond donors (Lipinski definition) is 1. The molecule has 1 saturated carbocycles. The molecule has 0 amide bonds. The van der Waals surface area contributed by atoms with E-state index in [9.17, 15) is 0 Å². The van der Waals surface area contributed by atoms with Gasteiger partial charge in [0.1, 0.15) is 0 Å². The molecule has 1 N–H and O–H groups in total. The lowest BCUT2D eigenvalue weighted by Crippen LogP contribution is -2.14. The van der Waals surface area contributed by atoms with Gasteiger partial charge in [0.15, 0.2) is 10.4 Å². The van der Waals surface area contributed by atoms with Crippen LogP contribution in [0, 0.1) is 10.7 Å². The molecule has 1 atom stereocenters. The summed E-state index contributed by atoms with van der Waals surface area (Å²) in [5, 5.41) is 0. The van der Waals surface area contributed by atoms with Gasteiger partial charge < -0.3 is 4.98 Å². The number of imidazole rings is 1. The lowest BCUT2D eigenvalue weighted by Gasteiger charge is -2.20. The number of aromatic amines is 1. The Labute approximate surface area is 120 Å². The maximum absolute atomic E-state index is 5.46. The van der Waals surface area contributed by atoms with Crippen LogP contribution in [0.1, 0.15) is 38.6 Å². The molecular formula is C13H16BrN3S. The van der Waals surface area contributed by atoms with Gasteiger partial charge in [-0.2, -0.15) is 0 Å². The molecule has 1 aliphatic carbocycles. The molecule has 2 aromatic heterocycles. The minimum absolute atomic E-state index is 0.433. The zero-order chi connectivity index (χ0) is 12.7. The largest absolute Gasteiger partial charge is 0.329 e. The fraction of sp³-hybridized carbons (Fsp3) is 0.538. The Hall–Kier alpha value is -0.680. The van der Waals surface area contributed by atoms with Crippen LogP contribution in [0.15, 0.2) is 16.7 Å². The molecule has 2 heterocycles. The van der Waals surface area contributed by atoms with Gasteiger partial charge >= 0.3 is 0 Å². The number of rotatable bonds is 2. The first-order valence-corrected chi connectivity index (χ1v) is 7.62. The second-order valence-electron chi connectivity index (χ2n) is 5.11. The third-order valence-corrected chi connectivity index (χ3v) is 4.74. The van der Waals surface area contributed by atoms with Crippen LogP contribution in [0.3, 0.4) is 0 Å².